The summed E-state index contributed by atoms with van der Waals surface area (Å²) in [4.78, 5) is 36.1. The van der Waals surface area contributed by atoms with Gasteiger partial charge in [0.15, 0.2) is 5.78 Å². The van der Waals surface area contributed by atoms with E-state index in [0.717, 1.165) is 12.1 Å². The summed E-state index contributed by atoms with van der Waals surface area (Å²) in [6, 6.07) is 1.62. The van der Waals surface area contributed by atoms with Crippen molar-refractivity contribution < 1.29 is 32.6 Å². The molecule has 2 amide bonds. The number of morpholine rings is 1. The highest BCUT2D eigenvalue weighted by Crippen LogP contribution is 2.24. The predicted molar refractivity (Wildman–Crippen MR) is 95.1 cm³/mol. The molecule has 0 aliphatic carbocycles. The van der Waals surface area contributed by atoms with Crippen molar-refractivity contribution in [1.29, 1.82) is 0 Å². The number of alkyl halides is 1. The molecule has 1 aromatic rings. The number of benzene rings is 1. The first kappa shape index (κ1) is 21.2. The minimum Gasteiger partial charge on any atom is -0.453 e. The van der Waals surface area contributed by atoms with Gasteiger partial charge in [0.2, 0.25) is 0 Å². The van der Waals surface area contributed by atoms with Gasteiger partial charge < -0.3 is 19.7 Å². The third-order valence-electron chi connectivity index (χ3n) is 4.10. The third kappa shape index (κ3) is 5.01. The molecule has 0 saturated carbocycles. The Kier molecular flexibility index (Phi) is 7.25. The summed E-state index contributed by atoms with van der Waals surface area (Å²) in [6.07, 6.45) is -0.910. The number of nitrogens with zero attached hydrogens (tertiary/aromatic N) is 1. The zero-order valence-corrected chi connectivity index (χ0v) is 16.3. The van der Waals surface area contributed by atoms with Gasteiger partial charge in [-0.05, 0) is 18.6 Å². The molecule has 0 radical (unpaired) electrons. The summed E-state index contributed by atoms with van der Waals surface area (Å²) in [5, 5.41) is 2.25. The van der Waals surface area contributed by atoms with Crippen molar-refractivity contribution in [1.82, 2.24) is 10.2 Å². The number of halogens is 3. The zero-order chi connectivity index (χ0) is 20.1. The van der Waals surface area contributed by atoms with Crippen LogP contribution < -0.4 is 5.32 Å². The summed E-state index contributed by atoms with van der Waals surface area (Å²) in [5.74, 6) is -3.72. The molecular weight excluding hydrogens is 430 g/mol. The van der Waals surface area contributed by atoms with Crippen LogP contribution in [0, 0.1) is 11.6 Å². The number of carbonyl (C=O) groups is 3. The number of ketones is 1. The van der Waals surface area contributed by atoms with E-state index < -0.39 is 45.9 Å². The van der Waals surface area contributed by atoms with Crippen molar-refractivity contribution in [3.63, 3.8) is 0 Å². The van der Waals surface area contributed by atoms with Crippen LogP contribution in [0.4, 0.5) is 13.6 Å². The van der Waals surface area contributed by atoms with Crippen molar-refractivity contribution in [2.24, 2.45) is 0 Å². The molecule has 2 atom stereocenters. The molecule has 2 rings (SSSR count). The first-order valence-corrected chi connectivity index (χ1v) is 9.04. The number of amides is 2. The largest absolute Gasteiger partial charge is 0.453 e. The lowest BCUT2D eigenvalue weighted by Crippen LogP contribution is -2.46. The van der Waals surface area contributed by atoms with Gasteiger partial charge in [0, 0.05) is 19.2 Å². The van der Waals surface area contributed by atoms with Gasteiger partial charge in [-0.3, -0.25) is 9.59 Å². The SMILES string of the molecule is CNC(=O)c1cc(F)c(C(=O)C(Br)C[C@H]2CN(C(=O)OC)CCO2)c(F)c1. The highest BCUT2D eigenvalue weighted by molar-refractivity contribution is 9.10. The fourth-order valence-electron chi connectivity index (χ4n) is 2.74. The third-order valence-corrected chi connectivity index (χ3v) is 4.89. The minimum absolute atomic E-state index is 0.0996. The molecule has 1 heterocycles. The van der Waals surface area contributed by atoms with E-state index in [1.165, 1.54) is 19.1 Å². The van der Waals surface area contributed by atoms with Gasteiger partial charge in [-0.15, -0.1) is 0 Å². The van der Waals surface area contributed by atoms with Gasteiger partial charge >= 0.3 is 6.09 Å². The number of ether oxygens (including phenoxy) is 2. The first-order chi connectivity index (χ1) is 12.8. The fourth-order valence-corrected chi connectivity index (χ4v) is 3.38. The Morgan fingerprint density at radius 2 is 2.00 bits per heavy atom. The molecule has 7 nitrogen and oxygen atoms in total. The Bertz CT molecular complexity index is 723. The average molecular weight is 449 g/mol. The summed E-state index contributed by atoms with van der Waals surface area (Å²) >= 11 is 3.14. The second-order valence-electron chi connectivity index (χ2n) is 5.87. The summed E-state index contributed by atoms with van der Waals surface area (Å²) < 4.78 is 38.7. The molecule has 1 aromatic carbocycles. The van der Waals surface area contributed by atoms with E-state index in [4.69, 9.17) is 4.74 Å². The Labute approximate surface area is 163 Å². The van der Waals surface area contributed by atoms with Gasteiger partial charge in [0.05, 0.1) is 36.8 Å². The van der Waals surface area contributed by atoms with Gasteiger partial charge in [0.25, 0.3) is 5.91 Å². The van der Waals surface area contributed by atoms with Crippen LogP contribution >= 0.6 is 15.9 Å². The molecule has 1 fully saturated rings. The number of methoxy groups -OCH3 is 1. The van der Waals surface area contributed by atoms with Crippen molar-refractivity contribution in [3.05, 3.63) is 34.9 Å². The number of carbonyl (C=O) groups excluding carboxylic acids is 3. The number of hydrogen-bond donors (Lipinski definition) is 1. The first-order valence-electron chi connectivity index (χ1n) is 8.12. The Morgan fingerprint density at radius 3 is 2.56 bits per heavy atom. The lowest BCUT2D eigenvalue weighted by Gasteiger charge is -2.32. The van der Waals surface area contributed by atoms with E-state index in [2.05, 4.69) is 26.0 Å². The van der Waals surface area contributed by atoms with Crippen LogP contribution in [0.25, 0.3) is 0 Å². The normalized spacial score (nSPS) is 18.0. The van der Waals surface area contributed by atoms with E-state index in [1.807, 2.05) is 0 Å². The maximum atomic E-state index is 14.2. The van der Waals surface area contributed by atoms with Crippen LogP contribution in [0.3, 0.4) is 0 Å². The van der Waals surface area contributed by atoms with Crippen LogP contribution in [0.1, 0.15) is 27.1 Å². The van der Waals surface area contributed by atoms with Gasteiger partial charge in [-0.1, -0.05) is 15.9 Å². The molecule has 0 aromatic heterocycles. The summed E-state index contributed by atoms with van der Waals surface area (Å²) in [5.41, 5.74) is -0.954. The minimum atomic E-state index is -1.12. The van der Waals surface area contributed by atoms with E-state index in [9.17, 15) is 23.2 Å². The monoisotopic (exact) mass is 448 g/mol. The highest BCUT2D eigenvalue weighted by atomic mass is 79.9. The van der Waals surface area contributed by atoms with Crippen LogP contribution in [0.15, 0.2) is 12.1 Å². The smallest absolute Gasteiger partial charge is 0.409 e. The van der Waals surface area contributed by atoms with Crippen molar-refractivity contribution in [3.8, 4) is 0 Å². The molecule has 148 valence electrons. The summed E-state index contributed by atoms with van der Waals surface area (Å²) in [7, 11) is 2.59. The molecule has 1 saturated heterocycles. The zero-order valence-electron chi connectivity index (χ0n) is 14.8. The van der Waals surface area contributed by atoms with E-state index in [-0.39, 0.29) is 25.1 Å². The molecule has 0 spiro atoms. The van der Waals surface area contributed by atoms with Crippen LogP contribution in [-0.4, -0.2) is 67.5 Å². The van der Waals surface area contributed by atoms with E-state index in [0.29, 0.717) is 6.54 Å². The Morgan fingerprint density at radius 1 is 1.37 bits per heavy atom. The standard InChI is InChI=1S/C17H19BrF2N2O5/c1-21-16(24)9-5-12(19)14(13(20)6-9)15(23)11(18)7-10-8-22(3-4-27-10)17(25)26-2/h5-6,10-11H,3-4,7-8H2,1-2H3,(H,21,24)/t10-,11?/m0/s1. The number of nitrogens with one attached hydrogen (secondary N) is 1. The van der Waals surface area contributed by atoms with Crippen LogP contribution in [0.2, 0.25) is 0 Å². The van der Waals surface area contributed by atoms with Crippen molar-refractivity contribution >= 4 is 33.7 Å². The van der Waals surface area contributed by atoms with Gasteiger partial charge in [-0.25, -0.2) is 13.6 Å². The number of Topliss-reactive ketones (excluding diaryl/α,β-unsaturated/α-hetero) is 1. The fraction of sp³-hybridized carbons (Fsp3) is 0.471. The van der Waals surface area contributed by atoms with Crippen molar-refractivity contribution in [2.75, 3.05) is 33.9 Å². The average Bonchev–Trinajstić information content (AvgIpc) is 2.66. The highest BCUT2D eigenvalue weighted by Gasteiger charge is 2.31. The van der Waals surface area contributed by atoms with Gasteiger partial charge in [0.1, 0.15) is 11.6 Å². The molecule has 10 heteroatoms. The molecule has 1 aliphatic rings. The Hall–Kier alpha value is -2.07. The second-order valence-corrected chi connectivity index (χ2v) is 6.98. The molecular formula is C17H19BrF2N2O5. The maximum absolute atomic E-state index is 14.2. The molecule has 1 unspecified atom stereocenters. The Balaban J connectivity index is 2.11. The molecule has 1 N–H and O–H groups in total. The van der Waals surface area contributed by atoms with Crippen molar-refractivity contribution in [2.45, 2.75) is 17.4 Å². The van der Waals surface area contributed by atoms with Gasteiger partial charge in [-0.2, -0.15) is 0 Å². The molecule has 0 bridgehead atoms. The quantitative estimate of drug-likeness (QED) is 0.550. The van der Waals surface area contributed by atoms with E-state index in [1.54, 1.807) is 0 Å². The predicted octanol–water partition coefficient (Wildman–Crippen LogP) is 2.13. The topological polar surface area (TPSA) is 84.9 Å². The van der Waals surface area contributed by atoms with E-state index >= 15 is 0 Å². The number of rotatable bonds is 5. The second kappa shape index (κ2) is 9.23. The molecule has 1 aliphatic heterocycles. The number of hydrogen-bond acceptors (Lipinski definition) is 5. The lowest BCUT2D eigenvalue weighted by atomic mass is 10.0. The lowest BCUT2D eigenvalue weighted by molar-refractivity contribution is -0.0270. The van der Waals surface area contributed by atoms with Crippen LogP contribution in [0.5, 0.6) is 0 Å². The van der Waals surface area contributed by atoms with Crippen LogP contribution in [-0.2, 0) is 9.47 Å². The molecule has 27 heavy (non-hydrogen) atoms. The maximum Gasteiger partial charge on any atom is 0.409 e. The summed E-state index contributed by atoms with van der Waals surface area (Å²) in [6.45, 7) is 0.814.